The van der Waals surface area contributed by atoms with Gasteiger partial charge in [0.1, 0.15) is 17.5 Å². The summed E-state index contributed by atoms with van der Waals surface area (Å²) in [5, 5.41) is 11.8. The van der Waals surface area contributed by atoms with Crippen molar-refractivity contribution in [3.05, 3.63) is 40.6 Å². The van der Waals surface area contributed by atoms with Gasteiger partial charge in [-0.05, 0) is 12.1 Å². The van der Waals surface area contributed by atoms with E-state index in [1.54, 1.807) is 36.3 Å². The first-order chi connectivity index (χ1) is 7.33. The van der Waals surface area contributed by atoms with Gasteiger partial charge in [-0.1, -0.05) is 0 Å². The van der Waals surface area contributed by atoms with Gasteiger partial charge < -0.3 is 9.84 Å². The zero-order valence-electron chi connectivity index (χ0n) is 8.12. The molecule has 0 saturated heterocycles. The highest BCUT2D eigenvalue weighted by atomic mass is 32.1. The third-order valence-corrected chi connectivity index (χ3v) is 2.61. The second kappa shape index (κ2) is 4.37. The van der Waals surface area contributed by atoms with E-state index in [1.807, 2.05) is 0 Å². The standard InChI is InChI=1S/C10H10N2O2S/c1-14-8-3-2-4-11-9(8)10(13)7-5-15-6-12-7/h2-6,10,13H,1H3. The number of thiazole rings is 1. The van der Waals surface area contributed by atoms with Gasteiger partial charge in [-0.2, -0.15) is 0 Å². The first-order valence-electron chi connectivity index (χ1n) is 4.38. The zero-order chi connectivity index (χ0) is 10.7. The number of hydrogen-bond acceptors (Lipinski definition) is 5. The Balaban J connectivity index is 2.37. The summed E-state index contributed by atoms with van der Waals surface area (Å²) in [7, 11) is 1.55. The Morgan fingerprint density at radius 1 is 1.47 bits per heavy atom. The lowest BCUT2D eigenvalue weighted by atomic mass is 10.1. The van der Waals surface area contributed by atoms with Crippen LogP contribution in [0.4, 0.5) is 0 Å². The Morgan fingerprint density at radius 2 is 2.33 bits per heavy atom. The molecule has 0 amide bonds. The number of aromatic nitrogens is 2. The number of nitrogens with zero attached hydrogens (tertiary/aromatic N) is 2. The molecule has 2 heterocycles. The highest BCUT2D eigenvalue weighted by Gasteiger charge is 2.17. The average molecular weight is 222 g/mol. The van der Waals surface area contributed by atoms with Crippen molar-refractivity contribution in [3.63, 3.8) is 0 Å². The average Bonchev–Trinajstić information content (AvgIpc) is 2.81. The van der Waals surface area contributed by atoms with Gasteiger partial charge in [-0.3, -0.25) is 4.98 Å². The molecule has 2 aromatic rings. The van der Waals surface area contributed by atoms with Crippen LogP contribution in [0.5, 0.6) is 5.75 Å². The third-order valence-electron chi connectivity index (χ3n) is 2.01. The Kier molecular flexibility index (Phi) is 2.94. The lowest BCUT2D eigenvalue weighted by Gasteiger charge is -2.10. The normalized spacial score (nSPS) is 12.4. The molecular formula is C10H10N2O2S. The molecule has 15 heavy (non-hydrogen) atoms. The van der Waals surface area contributed by atoms with E-state index in [4.69, 9.17) is 4.74 Å². The second-order valence-electron chi connectivity index (χ2n) is 2.91. The molecule has 2 rings (SSSR count). The van der Waals surface area contributed by atoms with Crippen LogP contribution in [0.2, 0.25) is 0 Å². The van der Waals surface area contributed by atoms with E-state index in [0.29, 0.717) is 17.1 Å². The van der Waals surface area contributed by atoms with Crippen LogP contribution in [-0.4, -0.2) is 22.2 Å². The molecule has 0 bridgehead atoms. The summed E-state index contributed by atoms with van der Waals surface area (Å²) in [6, 6.07) is 3.52. The van der Waals surface area contributed by atoms with Gasteiger partial charge in [-0.25, -0.2) is 4.98 Å². The van der Waals surface area contributed by atoms with Crippen LogP contribution in [0.1, 0.15) is 17.5 Å². The van der Waals surface area contributed by atoms with Gasteiger partial charge in [-0.15, -0.1) is 11.3 Å². The molecule has 1 atom stereocenters. The smallest absolute Gasteiger partial charge is 0.143 e. The molecule has 78 valence electrons. The molecule has 1 N–H and O–H groups in total. The molecule has 0 aliphatic heterocycles. The molecule has 0 radical (unpaired) electrons. The van der Waals surface area contributed by atoms with Crippen LogP contribution < -0.4 is 4.74 Å². The maximum Gasteiger partial charge on any atom is 0.143 e. The van der Waals surface area contributed by atoms with Crippen molar-refractivity contribution in [2.75, 3.05) is 7.11 Å². The van der Waals surface area contributed by atoms with E-state index in [0.717, 1.165) is 0 Å². The van der Waals surface area contributed by atoms with E-state index < -0.39 is 6.10 Å². The Bertz CT molecular complexity index is 431. The summed E-state index contributed by atoms with van der Waals surface area (Å²) in [5.74, 6) is 0.568. The molecule has 0 fully saturated rings. The van der Waals surface area contributed by atoms with E-state index >= 15 is 0 Å². The largest absolute Gasteiger partial charge is 0.495 e. The Morgan fingerprint density at radius 3 is 3.00 bits per heavy atom. The number of aliphatic hydroxyl groups is 1. The first-order valence-corrected chi connectivity index (χ1v) is 5.32. The fourth-order valence-electron chi connectivity index (χ4n) is 1.28. The minimum atomic E-state index is -0.826. The lowest BCUT2D eigenvalue weighted by molar-refractivity contribution is 0.205. The summed E-state index contributed by atoms with van der Waals surface area (Å²) in [5.41, 5.74) is 2.76. The van der Waals surface area contributed by atoms with Crippen LogP contribution >= 0.6 is 11.3 Å². The van der Waals surface area contributed by atoms with E-state index in [9.17, 15) is 5.11 Å². The molecule has 0 aliphatic rings. The van der Waals surface area contributed by atoms with Crippen LogP contribution in [0.25, 0.3) is 0 Å². The van der Waals surface area contributed by atoms with Crippen molar-refractivity contribution in [1.82, 2.24) is 9.97 Å². The molecule has 0 aliphatic carbocycles. The van der Waals surface area contributed by atoms with Gasteiger partial charge in [0.2, 0.25) is 0 Å². The molecule has 0 saturated carbocycles. The number of ether oxygens (including phenoxy) is 1. The fraction of sp³-hybridized carbons (Fsp3) is 0.200. The van der Waals surface area contributed by atoms with Crippen molar-refractivity contribution in [3.8, 4) is 5.75 Å². The van der Waals surface area contributed by atoms with Crippen molar-refractivity contribution in [2.24, 2.45) is 0 Å². The summed E-state index contributed by atoms with van der Waals surface area (Å²) >= 11 is 1.44. The molecular weight excluding hydrogens is 212 g/mol. The molecule has 0 spiro atoms. The number of pyridine rings is 1. The highest BCUT2D eigenvalue weighted by Crippen LogP contribution is 2.27. The van der Waals surface area contributed by atoms with Crippen LogP contribution in [0.3, 0.4) is 0 Å². The predicted octanol–water partition coefficient (Wildman–Crippen LogP) is 1.63. The van der Waals surface area contributed by atoms with Gasteiger partial charge in [0.25, 0.3) is 0 Å². The number of aliphatic hydroxyl groups excluding tert-OH is 1. The first kappa shape index (κ1) is 10.1. The van der Waals surface area contributed by atoms with Gasteiger partial charge in [0.05, 0.1) is 18.3 Å². The molecule has 4 nitrogen and oxygen atoms in total. The zero-order valence-corrected chi connectivity index (χ0v) is 8.94. The summed E-state index contributed by atoms with van der Waals surface area (Å²) < 4.78 is 5.12. The molecule has 5 heteroatoms. The highest BCUT2D eigenvalue weighted by molar-refractivity contribution is 7.07. The maximum atomic E-state index is 9.99. The summed E-state index contributed by atoms with van der Waals surface area (Å²) in [6.07, 6.45) is 0.792. The minimum absolute atomic E-state index is 0.492. The molecule has 0 aromatic carbocycles. The third kappa shape index (κ3) is 1.98. The van der Waals surface area contributed by atoms with Crippen LogP contribution in [0, 0.1) is 0 Å². The topological polar surface area (TPSA) is 55.2 Å². The van der Waals surface area contributed by atoms with E-state index in [-0.39, 0.29) is 0 Å². The molecule has 2 aromatic heterocycles. The van der Waals surface area contributed by atoms with Crippen molar-refractivity contribution in [1.29, 1.82) is 0 Å². The van der Waals surface area contributed by atoms with Gasteiger partial charge in [0.15, 0.2) is 0 Å². The van der Waals surface area contributed by atoms with Gasteiger partial charge >= 0.3 is 0 Å². The Labute approximate surface area is 91.2 Å². The monoisotopic (exact) mass is 222 g/mol. The lowest BCUT2D eigenvalue weighted by Crippen LogP contribution is -2.04. The van der Waals surface area contributed by atoms with Crippen molar-refractivity contribution < 1.29 is 9.84 Å². The second-order valence-corrected chi connectivity index (χ2v) is 3.63. The SMILES string of the molecule is COc1cccnc1C(O)c1cscn1. The minimum Gasteiger partial charge on any atom is -0.495 e. The van der Waals surface area contributed by atoms with Crippen LogP contribution in [-0.2, 0) is 0 Å². The van der Waals surface area contributed by atoms with Crippen molar-refractivity contribution in [2.45, 2.75) is 6.10 Å². The Hall–Kier alpha value is -1.46. The number of hydrogen-bond donors (Lipinski definition) is 1. The fourth-order valence-corrected chi connectivity index (χ4v) is 1.85. The maximum absolute atomic E-state index is 9.99. The summed E-state index contributed by atoms with van der Waals surface area (Å²) in [4.78, 5) is 8.14. The quantitative estimate of drug-likeness (QED) is 0.857. The summed E-state index contributed by atoms with van der Waals surface area (Å²) in [6.45, 7) is 0. The van der Waals surface area contributed by atoms with E-state index in [2.05, 4.69) is 9.97 Å². The van der Waals surface area contributed by atoms with Crippen molar-refractivity contribution >= 4 is 11.3 Å². The van der Waals surface area contributed by atoms with Gasteiger partial charge in [0, 0.05) is 11.6 Å². The number of methoxy groups -OCH3 is 1. The number of rotatable bonds is 3. The van der Waals surface area contributed by atoms with E-state index in [1.165, 1.54) is 11.3 Å². The predicted molar refractivity (Wildman–Crippen MR) is 57.0 cm³/mol. The van der Waals surface area contributed by atoms with Crippen LogP contribution in [0.15, 0.2) is 29.2 Å². The molecule has 1 unspecified atom stereocenters.